The molecule has 0 saturated carbocycles. The summed E-state index contributed by atoms with van der Waals surface area (Å²) in [6, 6.07) is 3.59. The highest BCUT2D eigenvalue weighted by atomic mass is 35.5. The van der Waals surface area contributed by atoms with Gasteiger partial charge >= 0.3 is 6.03 Å². The zero-order chi connectivity index (χ0) is 15.2. The summed E-state index contributed by atoms with van der Waals surface area (Å²) in [7, 11) is 1.71. The molecule has 1 saturated heterocycles. The van der Waals surface area contributed by atoms with Crippen molar-refractivity contribution < 1.29 is 13.9 Å². The molecular weight excluding hydrogens is 295 g/mol. The number of carbonyl (C=O) groups excluding carboxylic acids is 1. The Kier molecular flexibility index (Phi) is 5.82. The summed E-state index contributed by atoms with van der Waals surface area (Å²) in [5.41, 5.74) is 0.285. The number of halogens is 2. The van der Waals surface area contributed by atoms with E-state index in [0.29, 0.717) is 17.7 Å². The van der Waals surface area contributed by atoms with E-state index < -0.39 is 5.82 Å². The van der Waals surface area contributed by atoms with Crippen LogP contribution in [-0.2, 0) is 4.74 Å². The minimum atomic E-state index is -0.435. The summed E-state index contributed by atoms with van der Waals surface area (Å²) >= 11 is 5.92. The first-order valence-electron chi connectivity index (χ1n) is 7.15. The molecule has 0 unspecified atom stereocenters. The third-order valence-electron chi connectivity index (χ3n) is 3.56. The Morgan fingerprint density at radius 2 is 2.38 bits per heavy atom. The minimum absolute atomic E-state index is 0.285. The molecule has 2 rings (SSSR count). The van der Waals surface area contributed by atoms with E-state index in [1.165, 1.54) is 18.2 Å². The van der Waals surface area contributed by atoms with Crippen LogP contribution in [0.4, 0.5) is 14.9 Å². The van der Waals surface area contributed by atoms with Crippen molar-refractivity contribution in [3.05, 3.63) is 29.0 Å². The molecule has 1 aliphatic rings. The van der Waals surface area contributed by atoms with Gasteiger partial charge in [-0.15, -0.1) is 0 Å². The molecule has 1 atom stereocenters. The number of benzene rings is 1. The van der Waals surface area contributed by atoms with E-state index in [4.69, 9.17) is 16.3 Å². The number of hydrogen-bond donors (Lipinski definition) is 1. The topological polar surface area (TPSA) is 41.6 Å². The first-order valence-corrected chi connectivity index (χ1v) is 7.53. The van der Waals surface area contributed by atoms with Gasteiger partial charge in [-0.2, -0.15) is 0 Å². The summed E-state index contributed by atoms with van der Waals surface area (Å²) in [6.07, 6.45) is 4.40. The quantitative estimate of drug-likeness (QED) is 0.895. The van der Waals surface area contributed by atoms with Crippen molar-refractivity contribution in [3.63, 3.8) is 0 Å². The number of urea groups is 1. The fourth-order valence-electron chi connectivity index (χ4n) is 2.33. The highest BCUT2D eigenvalue weighted by Crippen LogP contribution is 2.22. The van der Waals surface area contributed by atoms with E-state index in [0.717, 1.165) is 32.3 Å². The lowest BCUT2D eigenvalue weighted by atomic mass is 10.1. The second-order valence-electron chi connectivity index (χ2n) is 5.25. The second-order valence-corrected chi connectivity index (χ2v) is 5.66. The standard InChI is InChI=1S/C15H20ClFN2O2/c1-19(8-2-4-12-5-3-9-21-12)15(20)18-14-10-11(17)6-7-13(14)16/h6-7,10,12H,2-5,8-9H2,1H3,(H,18,20)/t12-/m1/s1. The number of nitrogens with one attached hydrogen (secondary N) is 1. The molecule has 1 aliphatic heterocycles. The van der Waals surface area contributed by atoms with Crippen molar-refractivity contribution in [1.82, 2.24) is 4.90 Å². The van der Waals surface area contributed by atoms with Crippen LogP contribution in [0.1, 0.15) is 25.7 Å². The molecule has 0 radical (unpaired) electrons. The molecule has 0 spiro atoms. The predicted octanol–water partition coefficient (Wildman–Crippen LogP) is 3.90. The van der Waals surface area contributed by atoms with Crippen molar-refractivity contribution in [2.24, 2.45) is 0 Å². The lowest BCUT2D eigenvalue weighted by Crippen LogP contribution is -2.32. The van der Waals surface area contributed by atoms with E-state index in [1.807, 2.05) is 0 Å². The van der Waals surface area contributed by atoms with Gasteiger partial charge in [-0.05, 0) is 43.9 Å². The molecular formula is C15H20ClFN2O2. The number of anilines is 1. The van der Waals surface area contributed by atoms with Gasteiger partial charge in [0.1, 0.15) is 5.82 Å². The Bertz CT molecular complexity index is 493. The molecule has 2 amide bonds. The SMILES string of the molecule is CN(CCC[C@@H]1CCCO1)C(=O)Nc1cc(F)ccc1Cl. The van der Waals surface area contributed by atoms with Crippen LogP contribution >= 0.6 is 11.6 Å². The monoisotopic (exact) mass is 314 g/mol. The van der Waals surface area contributed by atoms with Gasteiger partial charge in [0, 0.05) is 20.2 Å². The van der Waals surface area contributed by atoms with E-state index in [1.54, 1.807) is 11.9 Å². The average Bonchev–Trinajstić information content (AvgIpc) is 2.96. The zero-order valence-corrected chi connectivity index (χ0v) is 12.8. The van der Waals surface area contributed by atoms with Crippen molar-refractivity contribution in [2.45, 2.75) is 31.8 Å². The molecule has 21 heavy (non-hydrogen) atoms. The number of rotatable bonds is 5. The lowest BCUT2D eigenvalue weighted by Gasteiger charge is -2.19. The third kappa shape index (κ3) is 4.86. The van der Waals surface area contributed by atoms with Crippen molar-refractivity contribution in [3.8, 4) is 0 Å². The molecule has 1 N–H and O–H groups in total. The fraction of sp³-hybridized carbons (Fsp3) is 0.533. The normalized spacial score (nSPS) is 17.8. The summed E-state index contributed by atoms with van der Waals surface area (Å²) in [5.74, 6) is -0.435. The Balaban J connectivity index is 1.77. The van der Waals surface area contributed by atoms with Gasteiger partial charge in [0.15, 0.2) is 0 Å². The Morgan fingerprint density at radius 1 is 1.57 bits per heavy atom. The molecule has 0 bridgehead atoms. The highest BCUT2D eigenvalue weighted by Gasteiger charge is 2.16. The molecule has 1 fully saturated rings. The molecule has 4 nitrogen and oxygen atoms in total. The molecule has 1 aromatic rings. The Morgan fingerprint density at radius 3 is 3.10 bits per heavy atom. The van der Waals surface area contributed by atoms with Crippen LogP contribution in [0.5, 0.6) is 0 Å². The average molecular weight is 315 g/mol. The van der Waals surface area contributed by atoms with Crippen LogP contribution in [0, 0.1) is 5.82 Å². The zero-order valence-electron chi connectivity index (χ0n) is 12.1. The number of nitrogens with zero attached hydrogens (tertiary/aromatic N) is 1. The van der Waals surface area contributed by atoms with Crippen LogP contribution in [0.2, 0.25) is 5.02 Å². The van der Waals surface area contributed by atoms with Gasteiger partial charge in [0.2, 0.25) is 0 Å². The summed E-state index contributed by atoms with van der Waals surface area (Å²) < 4.78 is 18.7. The maximum atomic E-state index is 13.1. The van der Waals surface area contributed by atoms with Gasteiger partial charge in [-0.3, -0.25) is 0 Å². The van der Waals surface area contributed by atoms with Crippen LogP contribution < -0.4 is 5.32 Å². The number of carbonyl (C=O) groups is 1. The largest absolute Gasteiger partial charge is 0.378 e. The number of hydrogen-bond acceptors (Lipinski definition) is 2. The Hall–Kier alpha value is -1.33. The summed E-state index contributed by atoms with van der Waals surface area (Å²) in [5, 5.41) is 2.93. The van der Waals surface area contributed by atoms with Gasteiger partial charge in [0.05, 0.1) is 16.8 Å². The molecule has 1 heterocycles. The Labute approximate surface area is 129 Å². The van der Waals surface area contributed by atoms with Crippen molar-refractivity contribution >= 4 is 23.3 Å². The third-order valence-corrected chi connectivity index (χ3v) is 3.89. The molecule has 6 heteroatoms. The molecule has 1 aromatic carbocycles. The number of amides is 2. The van der Waals surface area contributed by atoms with Crippen LogP contribution in [0.15, 0.2) is 18.2 Å². The van der Waals surface area contributed by atoms with Gasteiger partial charge in [-0.25, -0.2) is 9.18 Å². The fourth-order valence-corrected chi connectivity index (χ4v) is 2.50. The van der Waals surface area contributed by atoms with E-state index in [9.17, 15) is 9.18 Å². The van der Waals surface area contributed by atoms with Crippen LogP contribution in [0.25, 0.3) is 0 Å². The first-order chi connectivity index (χ1) is 10.1. The predicted molar refractivity (Wildman–Crippen MR) is 81.3 cm³/mol. The first kappa shape index (κ1) is 16.0. The van der Waals surface area contributed by atoms with Crippen LogP contribution in [-0.4, -0.2) is 37.2 Å². The van der Waals surface area contributed by atoms with Gasteiger partial charge < -0.3 is 15.0 Å². The van der Waals surface area contributed by atoms with Gasteiger partial charge in [0.25, 0.3) is 0 Å². The van der Waals surface area contributed by atoms with E-state index in [-0.39, 0.29) is 11.7 Å². The van der Waals surface area contributed by atoms with Crippen molar-refractivity contribution in [2.75, 3.05) is 25.5 Å². The maximum absolute atomic E-state index is 13.1. The summed E-state index contributed by atoms with van der Waals surface area (Å²) in [4.78, 5) is 13.6. The van der Waals surface area contributed by atoms with Crippen LogP contribution in [0.3, 0.4) is 0 Å². The second kappa shape index (κ2) is 7.61. The highest BCUT2D eigenvalue weighted by molar-refractivity contribution is 6.33. The smallest absolute Gasteiger partial charge is 0.321 e. The maximum Gasteiger partial charge on any atom is 0.321 e. The van der Waals surface area contributed by atoms with E-state index in [2.05, 4.69) is 5.32 Å². The number of ether oxygens (including phenoxy) is 1. The molecule has 0 aliphatic carbocycles. The van der Waals surface area contributed by atoms with E-state index >= 15 is 0 Å². The summed E-state index contributed by atoms with van der Waals surface area (Å²) in [6.45, 7) is 1.47. The molecule has 116 valence electrons. The lowest BCUT2D eigenvalue weighted by molar-refractivity contribution is 0.101. The minimum Gasteiger partial charge on any atom is -0.378 e. The van der Waals surface area contributed by atoms with Gasteiger partial charge in [-0.1, -0.05) is 11.6 Å². The molecule has 0 aromatic heterocycles. The van der Waals surface area contributed by atoms with Crippen molar-refractivity contribution in [1.29, 1.82) is 0 Å².